The molecule has 3 nitrogen and oxygen atoms in total. The van der Waals surface area contributed by atoms with Gasteiger partial charge in [0.25, 0.3) is 0 Å². The molecule has 0 heterocycles. The summed E-state index contributed by atoms with van der Waals surface area (Å²) in [7, 11) is 0. The van der Waals surface area contributed by atoms with Gasteiger partial charge in [0.2, 0.25) is 0 Å². The highest BCUT2D eigenvalue weighted by Crippen LogP contribution is 2.15. The quantitative estimate of drug-likeness (QED) is 0.206. The Bertz CT molecular complexity index is 478. The number of aliphatic carboxylic acids is 1. The van der Waals surface area contributed by atoms with Gasteiger partial charge in [0.15, 0.2) is 0 Å². The molecular formula is C24H42O3. The fourth-order valence-electron chi connectivity index (χ4n) is 2.28. The average Bonchev–Trinajstić information content (AvgIpc) is 2.58. The Labute approximate surface area is 167 Å². The molecule has 0 fully saturated rings. The number of allylic oxidation sites excluding steroid dienone is 5. The van der Waals surface area contributed by atoms with Gasteiger partial charge >= 0.3 is 5.97 Å². The van der Waals surface area contributed by atoms with Crippen LogP contribution in [0.2, 0.25) is 0 Å². The highest BCUT2D eigenvalue weighted by molar-refractivity contribution is 5.79. The monoisotopic (exact) mass is 378 g/mol. The maximum atomic E-state index is 10.0. The van der Waals surface area contributed by atoms with E-state index in [-0.39, 0.29) is 0 Å². The molecule has 0 rings (SSSR count). The fraction of sp³-hybridized carbons (Fsp3) is 0.625. The van der Waals surface area contributed by atoms with Crippen molar-refractivity contribution in [2.24, 2.45) is 0 Å². The largest absolute Gasteiger partial charge is 0.478 e. The molecular weight excluding hydrogens is 336 g/mol. The van der Waals surface area contributed by atoms with E-state index in [1.807, 2.05) is 0 Å². The van der Waals surface area contributed by atoms with Crippen LogP contribution >= 0.6 is 0 Å². The van der Waals surface area contributed by atoms with Gasteiger partial charge in [0.1, 0.15) is 0 Å². The first-order valence-corrected chi connectivity index (χ1v) is 10.2. The molecule has 0 radical (unpaired) electrons. The van der Waals surface area contributed by atoms with E-state index in [1.54, 1.807) is 19.1 Å². The van der Waals surface area contributed by atoms with E-state index >= 15 is 0 Å². The van der Waals surface area contributed by atoms with Crippen molar-refractivity contribution in [3.05, 3.63) is 48.1 Å². The molecule has 0 aliphatic carbocycles. The summed E-state index contributed by atoms with van der Waals surface area (Å²) in [5, 5.41) is 18.0. The number of hydrogen-bond acceptors (Lipinski definition) is 2. The number of carboxylic acid groups (broad SMARTS) is 1. The molecule has 156 valence electrons. The Hall–Kier alpha value is -1.61. The molecule has 2 N–H and O–H groups in total. The molecule has 0 saturated heterocycles. The summed E-state index contributed by atoms with van der Waals surface area (Å²) in [6.07, 6.45) is 18.6. The van der Waals surface area contributed by atoms with Gasteiger partial charge in [-0.05, 0) is 66.2 Å². The third-order valence-electron chi connectivity index (χ3n) is 4.16. The number of aliphatic hydroxyl groups is 1. The molecule has 0 aromatic carbocycles. The molecule has 1 atom stereocenters. The van der Waals surface area contributed by atoms with Crippen LogP contribution in [0.3, 0.4) is 0 Å². The SMILES string of the molecule is C=CC(C)(O)CCC=C(C)CCC=C(C)C.CCCCCCC=CC(=O)O. The summed E-state index contributed by atoms with van der Waals surface area (Å²) < 4.78 is 0. The van der Waals surface area contributed by atoms with Crippen molar-refractivity contribution in [3.8, 4) is 0 Å². The summed E-state index contributed by atoms with van der Waals surface area (Å²) >= 11 is 0. The molecule has 0 amide bonds. The van der Waals surface area contributed by atoms with Crippen molar-refractivity contribution in [3.63, 3.8) is 0 Å². The van der Waals surface area contributed by atoms with Crippen LogP contribution in [0.15, 0.2) is 48.1 Å². The molecule has 0 bridgehead atoms. The number of unbranched alkanes of at least 4 members (excludes halogenated alkanes) is 4. The Kier molecular flexibility index (Phi) is 18.2. The lowest BCUT2D eigenvalue weighted by molar-refractivity contribution is -0.131. The van der Waals surface area contributed by atoms with Crippen LogP contribution in [0.25, 0.3) is 0 Å². The average molecular weight is 379 g/mol. The van der Waals surface area contributed by atoms with E-state index in [0.29, 0.717) is 0 Å². The lowest BCUT2D eigenvalue weighted by Crippen LogP contribution is -2.19. The first-order chi connectivity index (χ1) is 12.6. The van der Waals surface area contributed by atoms with Gasteiger partial charge in [-0.25, -0.2) is 4.79 Å². The van der Waals surface area contributed by atoms with Crippen LogP contribution in [-0.4, -0.2) is 21.8 Å². The minimum atomic E-state index is -0.847. The van der Waals surface area contributed by atoms with Gasteiger partial charge in [-0.3, -0.25) is 0 Å². The molecule has 27 heavy (non-hydrogen) atoms. The van der Waals surface area contributed by atoms with E-state index in [4.69, 9.17) is 5.11 Å². The fourth-order valence-corrected chi connectivity index (χ4v) is 2.28. The summed E-state index contributed by atoms with van der Waals surface area (Å²) in [4.78, 5) is 10.0. The van der Waals surface area contributed by atoms with Crippen LogP contribution < -0.4 is 0 Å². The lowest BCUT2D eigenvalue weighted by Gasteiger charge is -2.16. The number of carboxylic acids is 1. The van der Waals surface area contributed by atoms with E-state index in [2.05, 4.69) is 46.4 Å². The zero-order chi connectivity index (χ0) is 21.1. The van der Waals surface area contributed by atoms with E-state index in [0.717, 1.165) is 38.5 Å². The molecule has 0 aromatic heterocycles. The van der Waals surface area contributed by atoms with Gasteiger partial charge in [-0.2, -0.15) is 0 Å². The van der Waals surface area contributed by atoms with Gasteiger partial charge < -0.3 is 10.2 Å². The number of rotatable bonds is 13. The van der Waals surface area contributed by atoms with Gasteiger partial charge in [-0.15, -0.1) is 6.58 Å². The second kappa shape index (κ2) is 17.8. The molecule has 0 saturated carbocycles. The van der Waals surface area contributed by atoms with Crippen molar-refractivity contribution >= 4 is 5.97 Å². The second-order valence-corrected chi connectivity index (χ2v) is 7.56. The lowest BCUT2D eigenvalue weighted by atomic mass is 9.99. The van der Waals surface area contributed by atoms with Gasteiger partial charge in [-0.1, -0.05) is 61.6 Å². The summed E-state index contributed by atoms with van der Waals surface area (Å²) in [5.41, 5.74) is 2.05. The Balaban J connectivity index is 0. The molecule has 1 unspecified atom stereocenters. The standard InChI is InChI=1S/C15H26O.C9H16O2/c1-6-15(5,16)12-8-11-14(4)10-7-9-13(2)3;1-2-3-4-5-6-7-8-9(10)11/h6,9,11,16H,1,7-8,10,12H2,2-5H3;7-8H,2-6H2,1H3,(H,10,11). The maximum Gasteiger partial charge on any atom is 0.327 e. The predicted octanol–water partition coefficient (Wildman–Crippen LogP) is 6.99. The van der Waals surface area contributed by atoms with Crippen LogP contribution in [0.4, 0.5) is 0 Å². The zero-order valence-electron chi connectivity index (χ0n) is 18.3. The van der Waals surface area contributed by atoms with Crippen LogP contribution in [0.1, 0.15) is 92.4 Å². The first kappa shape index (κ1) is 27.6. The van der Waals surface area contributed by atoms with Crippen molar-refractivity contribution in [1.82, 2.24) is 0 Å². The Morgan fingerprint density at radius 1 is 1.04 bits per heavy atom. The smallest absolute Gasteiger partial charge is 0.327 e. The van der Waals surface area contributed by atoms with E-state index in [1.165, 1.54) is 36.5 Å². The van der Waals surface area contributed by atoms with Gasteiger partial charge in [0.05, 0.1) is 5.60 Å². The van der Waals surface area contributed by atoms with Crippen molar-refractivity contribution < 1.29 is 15.0 Å². The van der Waals surface area contributed by atoms with Gasteiger partial charge in [0, 0.05) is 6.08 Å². The normalized spacial score (nSPS) is 13.5. The third kappa shape index (κ3) is 24.4. The highest BCUT2D eigenvalue weighted by Gasteiger charge is 2.13. The van der Waals surface area contributed by atoms with Crippen LogP contribution in [-0.2, 0) is 4.79 Å². The van der Waals surface area contributed by atoms with Crippen LogP contribution in [0.5, 0.6) is 0 Å². The molecule has 0 aliphatic heterocycles. The summed E-state index contributed by atoms with van der Waals surface area (Å²) in [5.74, 6) is -0.847. The maximum absolute atomic E-state index is 10.0. The Morgan fingerprint density at radius 3 is 2.22 bits per heavy atom. The molecule has 0 spiro atoms. The van der Waals surface area contributed by atoms with Crippen molar-refractivity contribution in [2.45, 2.75) is 98.0 Å². The zero-order valence-corrected chi connectivity index (χ0v) is 18.3. The van der Waals surface area contributed by atoms with E-state index in [9.17, 15) is 9.90 Å². The van der Waals surface area contributed by atoms with E-state index < -0.39 is 11.6 Å². The summed E-state index contributed by atoms with van der Waals surface area (Å²) in [6, 6.07) is 0. The highest BCUT2D eigenvalue weighted by atomic mass is 16.4. The second-order valence-electron chi connectivity index (χ2n) is 7.56. The minimum absolute atomic E-state index is 0.726. The topological polar surface area (TPSA) is 57.5 Å². The van der Waals surface area contributed by atoms with Crippen LogP contribution in [0, 0.1) is 0 Å². The molecule has 0 aromatic rings. The number of hydrogen-bond donors (Lipinski definition) is 2. The van der Waals surface area contributed by atoms with Crippen molar-refractivity contribution in [1.29, 1.82) is 0 Å². The first-order valence-electron chi connectivity index (χ1n) is 10.2. The Morgan fingerprint density at radius 2 is 1.70 bits per heavy atom. The molecule has 3 heteroatoms. The minimum Gasteiger partial charge on any atom is -0.478 e. The number of carbonyl (C=O) groups is 1. The summed E-state index contributed by atoms with van der Waals surface area (Å²) in [6.45, 7) is 14.0. The predicted molar refractivity (Wildman–Crippen MR) is 118 cm³/mol. The molecule has 0 aliphatic rings. The third-order valence-corrected chi connectivity index (χ3v) is 4.16. The van der Waals surface area contributed by atoms with Crippen molar-refractivity contribution in [2.75, 3.05) is 0 Å².